The van der Waals surface area contributed by atoms with Gasteiger partial charge in [0.25, 0.3) is 0 Å². The Balaban J connectivity index is 1.54. The Morgan fingerprint density at radius 2 is 1.93 bits per heavy atom. The average Bonchev–Trinajstić information content (AvgIpc) is 3.24. The molecule has 0 fully saturated rings. The van der Waals surface area contributed by atoms with Crippen molar-refractivity contribution in [3.63, 3.8) is 0 Å². The van der Waals surface area contributed by atoms with Crippen LogP contribution in [0, 0.1) is 0 Å². The van der Waals surface area contributed by atoms with Crippen LogP contribution in [0.5, 0.6) is 11.5 Å². The number of aromatic nitrogens is 3. The Bertz CT molecular complexity index is 895. The van der Waals surface area contributed by atoms with E-state index in [9.17, 15) is 0 Å². The van der Waals surface area contributed by atoms with Crippen LogP contribution in [0.4, 0.5) is 5.95 Å². The molecule has 1 N–H and O–H groups in total. The maximum absolute atomic E-state index is 5.88. The zero-order chi connectivity index (χ0) is 19.8. The third kappa shape index (κ3) is 5.66. The Morgan fingerprint density at radius 1 is 1.14 bits per heavy atom. The van der Waals surface area contributed by atoms with Crippen molar-refractivity contribution in [3.05, 3.63) is 64.4 Å². The van der Waals surface area contributed by atoms with Crippen LogP contribution in [0.2, 0.25) is 0 Å². The highest BCUT2D eigenvalue weighted by molar-refractivity contribution is 9.10. The number of rotatable bonds is 9. The second-order valence-corrected chi connectivity index (χ2v) is 7.24. The van der Waals surface area contributed by atoms with Gasteiger partial charge in [-0.1, -0.05) is 41.9 Å². The molecule has 0 aliphatic carbocycles. The number of aromatic amines is 1. The first-order valence-electron chi connectivity index (χ1n) is 9.20. The lowest BCUT2D eigenvalue weighted by atomic mass is 9.99. The van der Waals surface area contributed by atoms with Gasteiger partial charge in [0.05, 0.1) is 0 Å². The lowest BCUT2D eigenvalue weighted by Crippen LogP contribution is -2.10. The van der Waals surface area contributed by atoms with Gasteiger partial charge in [0.1, 0.15) is 31.0 Å². The molecule has 0 aliphatic heterocycles. The molecule has 146 valence electrons. The molecular formula is C21H23BrN4O2. The molecule has 0 saturated heterocycles. The maximum atomic E-state index is 5.88. The number of nitrogens with zero attached hydrogens (tertiary/aromatic N) is 3. The quantitative estimate of drug-likeness (QED) is 0.360. The highest BCUT2D eigenvalue weighted by Gasteiger charge is 2.05. The van der Waals surface area contributed by atoms with Crippen molar-refractivity contribution in [1.82, 2.24) is 15.2 Å². The van der Waals surface area contributed by atoms with E-state index in [0.717, 1.165) is 28.0 Å². The van der Waals surface area contributed by atoms with E-state index in [4.69, 9.17) is 9.47 Å². The van der Waals surface area contributed by atoms with Gasteiger partial charge >= 0.3 is 0 Å². The van der Waals surface area contributed by atoms with Crippen molar-refractivity contribution in [2.24, 2.45) is 4.99 Å². The molecule has 1 heterocycles. The molecule has 3 aromatic rings. The van der Waals surface area contributed by atoms with Gasteiger partial charge < -0.3 is 9.47 Å². The van der Waals surface area contributed by atoms with E-state index in [2.05, 4.69) is 62.1 Å². The molecule has 0 unspecified atom stereocenters. The summed E-state index contributed by atoms with van der Waals surface area (Å²) in [4.78, 5) is 8.23. The van der Waals surface area contributed by atoms with Crippen LogP contribution in [-0.4, -0.2) is 34.6 Å². The highest BCUT2D eigenvalue weighted by atomic mass is 79.9. The number of nitrogens with one attached hydrogen (secondary N) is 1. The Hall–Kier alpha value is -2.67. The summed E-state index contributed by atoms with van der Waals surface area (Å²) in [5.41, 5.74) is 2.17. The molecule has 0 saturated carbocycles. The number of halogens is 1. The van der Waals surface area contributed by atoms with Crippen molar-refractivity contribution in [2.75, 3.05) is 13.2 Å². The van der Waals surface area contributed by atoms with E-state index in [1.54, 1.807) is 6.21 Å². The molecule has 3 rings (SSSR count). The minimum atomic E-state index is 0.428. The summed E-state index contributed by atoms with van der Waals surface area (Å²) >= 11 is 3.47. The SMILES string of the molecule is CC[C@@H](C)c1ccc(OCCOc2ccc(Br)cc2C=Nc2ncn[nH]2)cc1. The largest absolute Gasteiger partial charge is 0.490 e. The second kappa shape index (κ2) is 10.0. The summed E-state index contributed by atoms with van der Waals surface area (Å²) in [6, 6.07) is 14.0. The van der Waals surface area contributed by atoms with Crippen molar-refractivity contribution in [2.45, 2.75) is 26.2 Å². The van der Waals surface area contributed by atoms with Gasteiger partial charge in [-0.3, -0.25) is 0 Å². The van der Waals surface area contributed by atoms with Crippen molar-refractivity contribution < 1.29 is 9.47 Å². The van der Waals surface area contributed by atoms with Gasteiger partial charge in [-0.25, -0.2) is 10.1 Å². The second-order valence-electron chi connectivity index (χ2n) is 6.32. The van der Waals surface area contributed by atoms with E-state index in [1.807, 2.05) is 30.3 Å². The van der Waals surface area contributed by atoms with Gasteiger partial charge in [-0.15, -0.1) is 0 Å². The standard InChI is InChI=1S/C21H23BrN4O2/c1-3-15(2)16-4-7-19(8-5-16)27-10-11-28-20-9-6-18(22)12-17(20)13-23-21-24-14-25-26-21/h4-9,12-15H,3,10-11H2,1-2H3,(H,24,25,26)/t15-/m1/s1. The van der Waals surface area contributed by atoms with Crippen molar-refractivity contribution in [3.8, 4) is 11.5 Å². The fourth-order valence-corrected chi connectivity index (χ4v) is 2.96. The van der Waals surface area contributed by atoms with Crippen LogP contribution in [0.3, 0.4) is 0 Å². The van der Waals surface area contributed by atoms with Crippen LogP contribution in [0.25, 0.3) is 0 Å². The average molecular weight is 443 g/mol. The normalized spacial score (nSPS) is 12.2. The summed E-state index contributed by atoms with van der Waals surface area (Å²) in [5, 5.41) is 6.47. The minimum Gasteiger partial charge on any atom is -0.490 e. The smallest absolute Gasteiger partial charge is 0.245 e. The number of hydrogen-bond acceptors (Lipinski definition) is 5. The Kier molecular flexibility index (Phi) is 7.19. The van der Waals surface area contributed by atoms with Crippen LogP contribution >= 0.6 is 15.9 Å². The van der Waals surface area contributed by atoms with E-state index in [1.165, 1.54) is 11.9 Å². The number of hydrogen-bond donors (Lipinski definition) is 1. The van der Waals surface area contributed by atoms with Gasteiger partial charge in [-0.2, -0.15) is 10.1 Å². The fourth-order valence-electron chi connectivity index (χ4n) is 2.58. The number of H-pyrrole nitrogens is 1. The van der Waals surface area contributed by atoms with Gasteiger partial charge in [-0.05, 0) is 48.2 Å². The Morgan fingerprint density at radius 3 is 2.64 bits per heavy atom. The molecule has 7 heteroatoms. The summed E-state index contributed by atoms with van der Waals surface area (Å²) < 4.78 is 12.6. The monoisotopic (exact) mass is 442 g/mol. The highest BCUT2D eigenvalue weighted by Crippen LogP contribution is 2.23. The fraction of sp³-hybridized carbons (Fsp3) is 0.286. The summed E-state index contributed by atoms with van der Waals surface area (Å²) in [5.74, 6) is 2.57. The lowest BCUT2D eigenvalue weighted by molar-refractivity contribution is 0.217. The molecule has 0 radical (unpaired) electrons. The number of benzene rings is 2. The van der Waals surface area contributed by atoms with Crippen molar-refractivity contribution in [1.29, 1.82) is 0 Å². The molecule has 1 aromatic heterocycles. The van der Waals surface area contributed by atoms with E-state index < -0.39 is 0 Å². The van der Waals surface area contributed by atoms with Gasteiger partial charge in [0.15, 0.2) is 0 Å². The molecule has 0 spiro atoms. The molecule has 0 aliphatic rings. The summed E-state index contributed by atoms with van der Waals surface area (Å²) in [7, 11) is 0. The van der Waals surface area contributed by atoms with Crippen LogP contribution in [-0.2, 0) is 0 Å². The van der Waals surface area contributed by atoms with Crippen molar-refractivity contribution >= 4 is 28.1 Å². The third-order valence-corrected chi connectivity index (χ3v) is 4.86. The minimum absolute atomic E-state index is 0.428. The molecular weight excluding hydrogens is 420 g/mol. The number of aliphatic imine (C=N–C) groups is 1. The third-order valence-electron chi connectivity index (χ3n) is 4.37. The zero-order valence-electron chi connectivity index (χ0n) is 15.9. The Labute approximate surface area is 173 Å². The lowest BCUT2D eigenvalue weighted by Gasteiger charge is -2.12. The molecule has 2 aromatic carbocycles. The topological polar surface area (TPSA) is 72.4 Å². The maximum Gasteiger partial charge on any atom is 0.245 e. The summed E-state index contributed by atoms with van der Waals surface area (Å²) in [6.07, 6.45) is 4.23. The first-order valence-corrected chi connectivity index (χ1v) is 9.99. The first kappa shape index (κ1) is 20.1. The summed E-state index contributed by atoms with van der Waals surface area (Å²) in [6.45, 7) is 5.31. The molecule has 28 heavy (non-hydrogen) atoms. The van der Waals surface area contributed by atoms with Gasteiger partial charge in [0.2, 0.25) is 5.95 Å². The predicted octanol–water partition coefficient (Wildman–Crippen LogP) is 5.29. The van der Waals surface area contributed by atoms with E-state index in [-0.39, 0.29) is 0 Å². The van der Waals surface area contributed by atoms with Crippen LogP contribution in [0.1, 0.15) is 37.3 Å². The predicted molar refractivity (Wildman–Crippen MR) is 114 cm³/mol. The first-order chi connectivity index (χ1) is 13.7. The molecule has 1 atom stereocenters. The van der Waals surface area contributed by atoms with Crippen LogP contribution in [0.15, 0.2) is 58.3 Å². The van der Waals surface area contributed by atoms with Gasteiger partial charge in [0, 0.05) is 16.3 Å². The molecule has 0 amide bonds. The molecule has 6 nitrogen and oxygen atoms in total. The van der Waals surface area contributed by atoms with Crippen LogP contribution < -0.4 is 9.47 Å². The van der Waals surface area contributed by atoms with E-state index in [0.29, 0.717) is 25.1 Å². The molecule has 0 bridgehead atoms. The zero-order valence-corrected chi connectivity index (χ0v) is 17.5. The number of ether oxygens (including phenoxy) is 2. The van der Waals surface area contributed by atoms with E-state index >= 15 is 0 Å².